The predicted octanol–water partition coefficient (Wildman–Crippen LogP) is 2.26. The number of hydrogen-bond acceptors (Lipinski definition) is 2. The standard InChI is InChI=1S/C17H24N2O2/c1-6-12-7-9-13(10-8-12)11-19-15(21)16(2,3)18-14(20)17(19,4)5/h7-10H,6,11H2,1-5H3,(H,18,20). The van der Waals surface area contributed by atoms with Crippen molar-refractivity contribution in [1.29, 1.82) is 0 Å². The summed E-state index contributed by atoms with van der Waals surface area (Å²) in [7, 11) is 0. The SMILES string of the molecule is CCc1ccc(CN2C(=O)C(C)(C)NC(=O)C2(C)C)cc1. The van der Waals surface area contributed by atoms with Crippen LogP contribution in [0.15, 0.2) is 24.3 Å². The minimum atomic E-state index is -0.851. The van der Waals surface area contributed by atoms with Crippen molar-refractivity contribution in [2.24, 2.45) is 0 Å². The van der Waals surface area contributed by atoms with E-state index < -0.39 is 11.1 Å². The molecular formula is C17H24N2O2. The van der Waals surface area contributed by atoms with E-state index in [1.165, 1.54) is 5.56 Å². The Balaban J connectivity index is 2.29. The number of rotatable bonds is 3. The molecule has 1 aromatic carbocycles. The van der Waals surface area contributed by atoms with Crippen LogP contribution in [0, 0.1) is 0 Å². The zero-order valence-corrected chi connectivity index (χ0v) is 13.5. The number of carbonyl (C=O) groups excluding carboxylic acids is 2. The maximum atomic E-state index is 12.6. The van der Waals surface area contributed by atoms with Crippen molar-refractivity contribution in [2.45, 2.75) is 58.7 Å². The molecule has 1 aliphatic heterocycles. The largest absolute Gasteiger partial charge is 0.340 e. The molecule has 0 atom stereocenters. The van der Waals surface area contributed by atoms with Crippen molar-refractivity contribution in [2.75, 3.05) is 0 Å². The maximum Gasteiger partial charge on any atom is 0.248 e. The molecule has 1 heterocycles. The highest BCUT2D eigenvalue weighted by molar-refractivity contribution is 6.01. The van der Waals surface area contributed by atoms with Gasteiger partial charge in [0.2, 0.25) is 11.8 Å². The first kappa shape index (κ1) is 15.5. The molecule has 0 aliphatic carbocycles. The first-order valence-electron chi connectivity index (χ1n) is 7.41. The first-order chi connectivity index (χ1) is 9.68. The average Bonchev–Trinajstić information content (AvgIpc) is 2.42. The van der Waals surface area contributed by atoms with Crippen molar-refractivity contribution in [3.05, 3.63) is 35.4 Å². The Morgan fingerprint density at radius 3 is 2.05 bits per heavy atom. The van der Waals surface area contributed by atoms with Crippen molar-refractivity contribution in [3.8, 4) is 0 Å². The second kappa shape index (κ2) is 5.17. The topological polar surface area (TPSA) is 49.4 Å². The molecule has 114 valence electrons. The van der Waals surface area contributed by atoms with E-state index in [0.29, 0.717) is 6.54 Å². The summed E-state index contributed by atoms with van der Waals surface area (Å²) in [5, 5.41) is 2.80. The molecule has 1 aromatic rings. The van der Waals surface area contributed by atoms with Crippen LogP contribution in [0.2, 0.25) is 0 Å². The lowest BCUT2D eigenvalue weighted by Crippen LogP contribution is -2.71. The second-order valence-electron chi connectivity index (χ2n) is 6.70. The molecule has 1 saturated heterocycles. The summed E-state index contributed by atoms with van der Waals surface area (Å²) in [6.07, 6.45) is 0.990. The number of aryl methyl sites for hydroxylation is 1. The monoisotopic (exact) mass is 288 g/mol. The summed E-state index contributed by atoms with van der Waals surface area (Å²) in [6.45, 7) is 9.63. The zero-order chi connectivity index (χ0) is 15.8. The van der Waals surface area contributed by atoms with Crippen molar-refractivity contribution in [1.82, 2.24) is 10.2 Å². The van der Waals surface area contributed by atoms with Crippen LogP contribution in [0.1, 0.15) is 45.7 Å². The van der Waals surface area contributed by atoms with Gasteiger partial charge in [-0.2, -0.15) is 0 Å². The van der Waals surface area contributed by atoms with E-state index in [2.05, 4.69) is 24.4 Å². The molecule has 0 spiro atoms. The smallest absolute Gasteiger partial charge is 0.248 e. The fourth-order valence-electron chi connectivity index (χ4n) is 2.54. The van der Waals surface area contributed by atoms with E-state index >= 15 is 0 Å². The van der Waals surface area contributed by atoms with Crippen molar-refractivity contribution < 1.29 is 9.59 Å². The molecule has 0 aromatic heterocycles. The van der Waals surface area contributed by atoms with Gasteiger partial charge in [-0.05, 0) is 45.2 Å². The lowest BCUT2D eigenvalue weighted by molar-refractivity contribution is -0.160. The van der Waals surface area contributed by atoms with E-state index in [1.807, 2.05) is 12.1 Å². The van der Waals surface area contributed by atoms with Crippen molar-refractivity contribution in [3.63, 3.8) is 0 Å². The Hall–Kier alpha value is -1.84. The van der Waals surface area contributed by atoms with Crippen LogP contribution in [-0.4, -0.2) is 27.8 Å². The Morgan fingerprint density at radius 2 is 1.52 bits per heavy atom. The third-order valence-corrected chi connectivity index (χ3v) is 4.21. The van der Waals surface area contributed by atoms with E-state index in [1.54, 1.807) is 32.6 Å². The first-order valence-corrected chi connectivity index (χ1v) is 7.41. The number of nitrogens with one attached hydrogen (secondary N) is 1. The average molecular weight is 288 g/mol. The highest BCUT2D eigenvalue weighted by Crippen LogP contribution is 2.27. The number of hydrogen-bond donors (Lipinski definition) is 1. The molecule has 0 bridgehead atoms. The van der Waals surface area contributed by atoms with Gasteiger partial charge in [0.05, 0.1) is 0 Å². The van der Waals surface area contributed by atoms with Crippen LogP contribution in [0.3, 0.4) is 0 Å². The minimum Gasteiger partial charge on any atom is -0.340 e. The Kier molecular flexibility index (Phi) is 3.83. The third-order valence-electron chi connectivity index (χ3n) is 4.21. The van der Waals surface area contributed by atoms with Crippen LogP contribution < -0.4 is 5.32 Å². The molecule has 1 N–H and O–H groups in total. The van der Waals surface area contributed by atoms with Crippen LogP contribution in [0.25, 0.3) is 0 Å². The van der Waals surface area contributed by atoms with Gasteiger partial charge in [0, 0.05) is 6.54 Å². The number of amides is 2. The van der Waals surface area contributed by atoms with Gasteiger partial charge in [-0.1, -0.05) is 31.2 Å². The highest BCUT2D eigenvalue weighted by Gasteiger charge is 2.49. The molecule has 4 nitrogen and oxygen atoms in total. The normalized spacial score (nSPS) is 20.3. The Morgan fingerprint density at radius 1 is 1.00 bits per heavy atom. The number of benzene rings is 1. The molecule has 4 heteroatoms. The fraction of sp³-hybridized carbons (Fsp3) is 0.529. The van der Waals surface area contributed by atoms with Gasteiger partial charge in [0.25, 0.3) is 0 Å². The molecule has 0 saturated carbocycles. The van der Waals surface area contributed by atoms with Gasteiger partial charge >= 0.3 is 0 Å². The van der Waals surface area contributed by atoms with Crippen molar-refractivity contribution >= 4 is 11.8 Å². The molecule has 2 rings (SSSR count). The quantitative estimate of drug-likeness (QED) is 0.927. The van der Waals surface area contributed by atoms with E-state index in [0.717, 1.165) is 12.0 Å². The second-order valence-corrected chi connectivity index (χ2v) is 6.70. The summed E-state index contributed by atoms with van der Waals surface area (Å²) < 4.78 is 0. The molecule has 1 fully saturated rings. The van der Waals surface area contributed by atoms with Gasteiger partial charge in [0.15, 0.2) is 0 Å². The Bertz CT molecular complexity index is 559. The Labute approximate surface area is 126 Å². The van der Waals surface area contributed by atoms with E-state index in [-0.39, 0.29) is 11.8 Å². The minimum absolute atomic E-state index is 0.0494. The predicted molar refractivity (Wildman–Crippen MR) is 82.7 cm³/mol. The number of piperazine rings is 1. The summed E-state index contributed by atoms with van der Waals surface area (Å²) in [6, 6.07) is 8.20. The summed E-state index contributed by atoms with van der Waals surface area (Å²) >= 11 is 0. The maximum absolute atomic E-state index is 12.6. The molecular weight excluding hydrogens is 264 g/mol. The molecule has 21 heavy (non-hydrogen) atoms. The van der Waals surface area contributed by atoms with Gasteiger partial charge in [-0.3, -0.25) is 9.59 Å². The van der Waals surface area contributed by atoms with Gasteiger partial charge in [-0.15, -0.1) is 0 Å². The molecule has 1 aliphatic rings. The van der Waals surface area contributed by atoms with Gasteiger partial charge in [-0.25, -0.2) is 0 Å². The van der Waals surface area contributed by atoms with Crippen LogP contribution in [-0.2, 0) is 22.6 Å². The van der Waals surface area contributed by atoms with Gasteiger partial charge in [0.1, 0.15) is 11.1 Å². The van der Waals surface area contributed by atoms with E-state index in [9.17, 15) is 9.59 Å². The van der Waals surface area contributed by atoms with Crippen LogP contribution >= 0.6 is 0 Å². The number of carbonyl (C=O) groups is 2. The van der Waals surface area contributed by atoms with Crippen LogP contribution in [0.5, 0.6) is 0 Å². The molecule has 0 radical (unpaired) electrons. The third kappa shape index (κ3) is 2.80. The van der Waals surface area contributed by atoms with Gasteiger partial charge < -0.3 is 10.2 Å². The van der Waals surface area contributed by atoms with E-state index in [4.69, 9.17) is 0 Å². The lowest BCUT2D eigenvalue weighted by atomic mass is 9.89. The van der Waals surface area contributed by atoms with Crippen LogP contribution in [0.4, 0.5) is 0 Å². The fourth-order valence-corrected chi connectivity index (χ4v) is 2.54. The number of nitrogens with zero attached hydrogens (tertiary/aromatic N) is 1. The summed E-state index contributed by atoms with van der Waals surface area (Å²) in [4.78, 5) is 26.6. The lowest BCUT2D eigenvalue weighted by Gasteiger charge is -2.47. The molecule has 0 unspecified atom stereocenters. The highest BCUT2D eigenvalue weighted by atomic mass is 16.2. The summed E-state index contributed by atoms with van der Waals surface area (Å²) in [5.74, 6) is -0.163. The zero-order valence-electron chi connectivity index (χ0n) is 13.5. The summed E-state index contributed by atoms with van der Waals surface area (Å²) in [5.41, 5.74) is 0.617. The molecule has 2 amide bonds.